The van der Waals surface area contributed by atoms with Crippen LogP contribution in [0.25, 0.3) is 0 Å². The molecule has 2 rings (SSSR count). The van der Waals surface area contributed by atoms with Crippen LogP contribution in [0.2, 0.25) is 0 Å². The summed E-state index contributed by atoms with van der Waals surface area (Å²) in [5, 5.41) is 3.50. The van der Waals surface area contributed by atoms with E-state index in [1.54, 1.807) is 6.92 Å². The summed E-state index contributed by atoms with van der Waals surface area (Å²) in [6, 6.07) is 5.63. The van der Waals surface area contributed by atoms with E-state index in [2.05, 4.69) is 11.6 Å². The van der Waals surface area contributed by atoms with E-state index < -0.39 is 0 Å². The van der Waals surface area contributed by atoms with Gasteiger partial charge in [0.2, 0.25) is 0 Å². The van der Waals surface area contributed by atoms with Crippen LogP contribution < -0.4 is 11.1 Å². The van der Waals surface area contributed by atoms with Gasteiger partial charge in [0.05, 0.1) is 0 Å². The number of hydrogen-bond donors (Lipinski definition) is 2. The highest BCUT2D eigenvalue weighted by Crippen LogP contribution is 2.38. The second-order valence-corrected chi connectivity index (χ2v) is 6.93. The molecule has 0 unspecified atom stereocenters. The number of Topliss-reactive ketones (excluding diaryl/α,β-unsaturated/α-hetero) is 1. The second kappa shape index (κ2) is 6.53. The van der Waals surface area contributed by atoms with Crippen LogP contribution in [-0.4, -0.2) is 23.3 Å². The minimum Gasteiger partial charge on any atom is -0.398 e. The number of carbonyl (C=O) groups is 1. The van der Waals surface area contributed by atoms with Crippen molar-refractivity contribution in [2.75, 3.05) is 23.9 Å². The molecule has 0 aromatic heterocycles. The molecule has 0 heterocycles. The Labute approximate surface area is 125 Å². The molecule has 1 aromatic rings. The highest BCUT2D eigenvalue weighted by Gasteiger charge is 2.30. The molecule has 0 aliphatic heterocycles. The first kappa shape index (κ1) is 15.2. The third kappa shape index (κ3) is 3.48. The summed E-state index contributed by atoms with van der Waals surface area (Å²) in [6.45, 7) is 2.51. The Bertz CT molecular complexity index is 481. The zero-order valence-electron chi connectivity index (χ0n) is 12.4. The molecule has 0 bridgehead atoms. The van der Waals surface area contributed by atoms with Gasteiger partial charge in [-0.05, 0) is 44.2 Å². The van der Waals surface area contributed by atoms with E-state index in [0.717, 1.165) is 12.2 Å². The SMILES string of the molecule is CSC1(CNc2ccc(C(C)=O)c(N)c2)CCCCC1. The number of thioether (sulfide) groups is 1. The van der Waals surface area contributed by atoms with Crippen LogP contribution in [0.5, 0.6) is 0 Å². The number of benzene rings is 1. The van der Waals surface area contributed by atoms with E-state index in [4.69, 9.17) is 5.73 Å². The summed E-state index contributed by atoms with van der Waals surface area (Å²) in [7, 11) is 0. The van der Waals surface area contributed by atoms with E-state index in [1.165, 1.54) is 32.1 Å². The van der Waals surface area contributed by atoms with Gasteiger partial charge in [-0.15, -0.1) is 0 Å². The molecule has 0 amide bonds. The summed E-state index contributed by atoms with van der Waals surface area (Å²) in [5.74, 6) is 0.0157. The zero-order valence-corrected chi connectivity index (χ0v) is 13.2. The monoisotopic (exact) mass is 292 g/mol. The van der Waals surface area contributed by atoms with Crippen molar-refractivity contribution in [1.29, 1.82) is 0 Å². The largest absolute Gasteiger partial charge is 0.398 e. The lowest BCUT2D eigenvalue weighted by Crippen LogP contribution is -2.35. The molecule has 1 fully saturated rings. The summed E-state index contributed by atoms with van der Waals surface area (Å²) in [5.41, 5.74) is 8.10. The van der Waals surface area contributed by atoms with Crippen LogP contribution in [0.3, 0.4) is 0 Å². The van der Waals surface area contributed by atoms with Crippen LogP contribution in [0.15, 0.2) is 18.2 Å². The summed E-state index contributed by atoms with van der Waals surface area (Å²) in [4.78, 5) is 11.4. The Morgan fingerprint density at radius 3 is 2.60 bits per heavy atom. The van der Waals surface area contributed by atoms with Gasteiger partial charge >= 0.3 is 0 Å². The molecule has 20 heavy (non-hydrogen) atoms. The normalized spacial score (nSPS) is 17.7. The van der Waals surface area contributed by atoms with Gasteiger partial charge in [-0.3, -0.25) is 4.79 Å². The van der Waals surface area contributed by atoms with E-state index in [1.807, 2.05) is 30.0 Å². The maximum atomic E-state index is 11.4. The fourth-order valence-corrected chi connectivity index (χ4v) is 3.82. The number of anilines is 2. The third-order valence-electron chi connectivity index (χ3n) is 4.24. The number of ketones is 1. The van der Waals surface area contributed by atoms with Gasteiger partial charge in [0.25, 0.3) is 0 Å². The van der Waals surface area contributed by atoms with Crippen LogP contribution in [0.1, 0.15) is 49.4 Å². The van der Waals surface area contributed by atoms with E-state index in [-0.39, 0.29) is 5.78 Å². The minimum atomic E-state index is 0.0157. The molecular weight excluding hydrogens is 268 g/mol. The quantitative estimate of drug-likeness (QED) is 0.637. The molecule has 1 aromatic carbocycles. The minimum absolute atomic E-state index is 0.0157. The summed E-state index contributed by atoms with van der Waals surface area (Å²) in [6.07, 6.45) is 8.79. The molecule has 1 aliphatic carbocycles. The fraction of sp³-hybridized carbons (Fsp3) is 0.562. The Kier molecular flexibility index (Phi) is 4.97. The van der Waals surface area contributed by atoms with Gasteiger partial charge in [0.15, 0.2) is 5.78 Å². The lowest BCUT2D eigenvalue weighted by molar-refractivity contribution is 0.101. The molecule has 3 N–H and O–H groups in total. The molecule has 1 saturated carbocycles. The summed E-state index contributed by atoms with van der Waals surface area (Å²) >= 11 is 1.98. The van der Waals surface area contributed by atoms with Crippen molar-refractivity contribution >= 4 is 28.9 Å². The lowest BCUT2D eigenvalue weighted by atomic mass is 9.88. The fourth-order valence-electron chi connectivity index (χ4n) is 2.91. The Balaban J connectivity index is 2.03. The Hall–Kier alpha value is -1.16. The maximum Gasteiger partial charge on any atom is 0.161 e. The number of nitrogens with two attached hydrogens (primary N) is 1. The number of hydrogen-bond acceptors (Lipinski definition) is 4. The van der Waals surface area contributed by atoms with E-state index >= 15 is 0 Å². The molecule has 0 spiro atoms. The molecule has 4 heteroatoms. The highest BCUT2D eigenvalue weighted by atomic mass is 32.2. The molecule has 110 valence electrons. The van der Waals surface area contributed by atoms with Crippen molar-refractivity contribution in [3.8, 4) is 0 Å². The predicted molar refractivity (Wildman–Crippen MR) is 88.7 cm³/mol. The molecule has 1 aliphatic rings. The first-order valence-corrected chi connectivity index (χ1v) is 8.48. The smallest absolute Gasteiger partial charge is 0.161 e. The van der Waals surface area contributed by atoms with Crippen LogP contribution >= 0.6 is 11.8 Å². The average Bonchev–Trinajstić information content (AvgIpc) is 2.46. The van der Waals surface area contributed by atoms with Gasteiger partial charge in [-0.1, -0.05) is 19.3 Å². The molecular formula is C16H24N2OS. The van der Waals surface area contributed by atoms with Crippen molar-refractivity contribution in [2.45, 2.75) is 43.8 Å². The molecule has 3 nitrogen and oxygen atoms in total. The highest BCUT2D eigenvalue weighted by molar-refractivity contribution is 8.00. The van der Waals surface area contributed by atoms with Gasteiger partial charge in [-0.25, -0.2) is 0 Å². The van der Waals surface area contributed by atoms with Crippen molar-refractivity contribution in [3.63, 3.8) is 0 Å². The van der Waals surface area contributed by atoms with Crippen molar-refractivity contribution in [1.82, 2.24) is 0 Å². The Morgan fingerprint density at radius 1 is 1.35 bits per heavy atom. The Morgan fingerprint density at radius 2 is 2.05 bits per heavy atom. The van der Waals surface area contributed by atoms with Gasteiger partial charge in [-0.2, -0.15) is 11.8 Å². The number of rotatable bonds is 5. The zero-order chi connectivity index (χ0) is 14.6. The van der Waals surface area contributed by atoms with Crippen molar-refractivity contribution < 1.29 is 4.79 Å². The number of nitrogens with one attached hydrogen (secondary N) is 1. The van der Waals surface area contributed by atoms with Crippen LogP contribution in [0.4, 0.5) is 11.4 Å². The standard InChI is InChI=1S/C16H24N2OS/c1-12(19)14-7-6-13(10-15(14)17)18-11-16(20-2)8-4-3-5-9-16/h6-7,10,18H,3-5,8-9,11,17H2,1-2H3. The maximum absolute atomic E-state index is 11.4. The van der Waals surface area contributed by atoms with Crippen LogP contribution in [-0.2, 0) is 0 Å². The molecule has 0 radical (unpaired) electrons. The van der Waals surface area contributed by atoms with Crippen molar-refractivity contribution in [2.24, 2.45) is 0 Å². The molecule has 0 saturated heterocycles. The van der Waals surface area contributed by atoms with Gasteiger partial charge < -0.3 is 11.1 Å². The topological polar surface area (TPSA) is 55.1 Å². The van der Waals surface area contributed by atoms with Crippen LogP contribution in [0, 0.1) is 0 Å². The number of nitrogen functional groups attached to an aromatic ring is 1. The second-order valence-electron chi connectivity index (χ2n) is 5.66. The number of carbonyl (C=O) groups excluding carboxylic acids is 1. The van der Waals surface area contributed by atoms with Gasteiger partial charge in [0.1, 0.15) is 0 Å². The lowest BCUT2D eigenvalue weighted by Gasteiger charge is -2.36. The predicted octanol–water partition coefficient (Wildman–Crippen LogP) is 3.95. The average molecular weight is 292 g/mol. The third-order valence-corrected chi connectivity index (χ3v) is 5.66. The summed E-state index contributed by atoms with van der Waals surface area (Å²) < 4.78 is 0.353. The van der Waals surface area contributed by atoms with Crippen molar-refractivity contribution in [3.05, 3.63) is 23.8 Å². The van der Waals surface area contributed by atoms with Gasteiger partial charge in [0, 0.05) is 28.2 Å². The van der Waals surface area contributed by atoms with E-state index in [0.29, 0.717) is 16.0 Å². The first-order valence-electron chi connectivity index (χ1n) is 7.26. The van der Waals surface area contributed by atoms with E-state index in [9.17, 15) is 4.79 Å². The first-order chi connectivity index (χ1) is 9.56. The molecule has 0 atom stereocenters.